The number of pyridine rings is 1. The molecule has 2 rings (SSSR count). The molecule has 1 aromatic heterocycles. The van der Waals surface area contributed by atoms with Gasteiger partial charge in [-0.2, -0.15) is 0 Å². The first kappa shape index (κ1) is 11.1. The minimum atomic E-state index is 0.625. The van der Waals surface area contributed by atoms with Crippen LogP contribution in [0.4, 0.5) is 5.82 Å². The Kier molecular flexibility index (Phi) is 3.51. The number of anilines is 1. The molecule has 0 aromatic carbocycles. The molecular formula is C12H17N3O. The zero-order valence-electron chi connectivity index (χ0n) is 9.52. The highest BCUT2D eigenvalue weighted by molar-refractivity contribution is 5.68. The molecule has 16 heavy (non-hydrogen) atoms. The number of nitrogens with one attached hydrogen (secondary N) is 1. The lowest BCUT2D eigenvalue weighted by atomic mass is 9.97. The van der Waals surface area contributed by atoms with Gasteiger partial charge in [0.25, 0.3) is 0 Å². The first-order chi connectivity index (χ1) is 7.81. The molecule has 86 valence electrons. The monoisotopic (exact) mass is 219 g/mol. The van der Waals surface area contributed by atoms with E-state index >= 15 is 0 Å². The smallest absolute Gasteiger partial charge is 0.212 e. The summed E-state index contributed by atoms with van der Waals surface area (Å²) in [7, 11) is 0. The van der Waals surface area contributed by atoms with Crippen LogP contribution in [0.3, 0.4) is 0 Å². The highest BCUT2D eigenvalue weighted by Crippen LogP contribution is 2.20. The Balaban J connectivity index is 1.89. The quantitative estimate of drug-likeness (QED) is 0.763. The van der Waals surface area contributed by atoms with E-state index in [1.165, 1.54) is 19.5 Å². The molecule has 0 atom stereocenters. The molecule has 1 aliphatic rings. The van der Waals surface area contributed by atoms with Gasteiger partial charge in [-0.25, -0.2) is 4.98 Å². The lowest BCUT2D eigenvalue weighted by Crippen LogP contribution is -2.45. The summed E-state index contributed by atoms with van der Waals surface area (Å²) < 4.78 is 0. The van der Waals surface area contributed by atoms with Gasteiger partial charge in [-0.1, -0.05) is 19.4 Å². The summed E-state index contributed by atoms with van der Waals surface area (Å²) in [4.78, 5) is 17.0. The largest absolute Gasteiger partial charge is 0.313 e. The normalized spacial score (nSPS) is 16.8. The third-order valence-corrected chi connectivity index (χ3v) is 3.01. The summed E-state index contributed by atoms with van der Waals surface area (Å²) in [6.45, 7) is 5.45. The maximum absolute atomic E-state index is 10.3. The van der Waals surface area contributed by atoms with Crippen molar-refractivity contribution in [2.45, 2.75) is 19.9 Å². The summed E-state index contributed by atoms with van der Waals surface area (Å²) in [5.74, 6) is 1.48. The molecule has 0 aliphatic carbocycles. The number of amides is 1. The van der Waals surface area contributed by atoms with Crippen LogP contribution in [0.2, 0.25) is 0 Å². The maximum Gasteiger partial charge on any atom is 0.212 e. The van der Waals surface area contributed by atoms with Gasteiger partial charge in [0.05, 0.1) is 5.69 Å². The van der Waals surface area contributed by atoms with Crippen LogP contribution < -0.4 is 5.32 Å². The van der Waals surface area contributed by atoms with E-state index in [4.69, 9.17) is 0 Å². The van der Waals surface area contributed by atoms with Gasteiger partial charge in [0.2, 0.25) is 6.41 Å². The molecule has 0 saturated carbocycles. The predicted octanol–water partition coefficient (Wildman–Crippen LogP) is 1.49. The first-order valence-corrected chi connectivity index (χ1v) is 5.70. The average molecular weight is 219 g/mol. The van der Waals surface area contributed by atoms with E-state index in [-0.39, 0.29) is 0 Å². The summed E-state index contributed by atoms with van der Waals surface area (Å²) in [6, 6.07) is 5.71. The van der Waals surface area contributed by atoms with Gasteiger partial charge in [-0.05, 0) is 18.1 Å². The van der Waals surface area contributed by atoms with E-state index in [1.807, 2.05) is 12.1 Å². The lowest BCUT2D eigenvalue weighted by molar-refractivity contribution is -0.105. The fourth-order valence-electron chi connectivity index (χ4n) is 2.00. The molecule has 0 spiro atoms. The molecule has 4 nitrogen and oxygen atoms in total. The fourth-order valence-corrected chi connectivity index (χ4v) is 2.00. The van der Waals surface area contributed by atoms with Gasteiger partial charge in [-0.3, -0.25) is 9.69 Å². The third-order valence-electron chi connectivity index (χ3n) is 3.01. The SMILES string of the molecule is CCC1CN(Cc2cccc(NC=O)n2)C1. The van der Waals surface area contributed by atoms with Gasteiger partial charge < -0.3 is 5.32 Å². The fraction of sp³-hybridized carbons (Fsp3) is 0.500. The van der Waals surface area contributed by atoms with Crippen LogP contribution in [0, 0.1) is 5.92 Å². The number of hydrogen-bond donors (Lipinski definition) is 1. The van der Waals surface area contributed by atoms with Crippen LogP contribution in [0.25, 0.3) is 0 Å². The zero-order valence-corrected chi connectivity index (χ0v) is 9.52. The van der Waals surface area contributed by atoms with Gasteiger partial charge in [0.15, 0.2) is 0 Å². The molecular weight excluding hydrogens is 202 g/mol. The van der Waals surface area contributed by atoms with Crippen LogP contribution in [0.1, 0.15) is 19.0 Å². The minimum absolute atomic E-state index is 0.625. The molecule has 1 amide bonds. The number of likely N-dealkylation sites (tertiary alicyclic amines) is 1. The summed E-state index contributed by atoms with van der Waals surface area (Å²) in [6.07, 6.45) is 1.92. The van der Waals surface area contributed by atoms with Gasteiger partial charge in [-0.15, -0.1) is 0 Å². The van der Waals surface area contributed by atoms with E-state index in [0.717, 1.165) is 18.2 Å². The van der Waals surface area contributed by atoms with Crippen molar-refractivity contribution in [1.82, 2.24) is 9.88 Å². The van der Waals surface area contributed by atoms with Crippen molar-refractivity contribution in [1.29, 1.82) is 0 Å². The average Bonchev–Trinajstić information content (AvgIpc) is 2.24. The van der Waals surface area contributed by atoms with Crippen molar-refractivity contribution in [2.75, 3.05) is 18.4 Å². The summed E-state index contributed by atoms with van der Waals surface area (Å²) in [5, 5.41) is 2.57. The molecule has 2 heterocycles. The van der Waals surface area contributed by atoms with Crippen molar-refractivity contribution < 1.29 is 4.79 Å². The van der Waals surface area contributed by atoms with Gasteiger partial charge in [0.1, 0.15) is 5.82 Å². The Morgan fingerprint density at radius 3 is 3.06 bits per heavy atom. The second kappa shape index (κ2) is 5.07. The van der Waals surface area contributed by atoms with Crippen molar-refractivity contribution in [3.05, 3.63) is 23.9 Å². The maximum atomic E-state index is 10.3. The van der Waals surface area contributed by atoms with Crippen molar-refractivity contribution in [3.63, 3.8) is 0 Å². The second-order valence-electron chi connectivity index (χ2n) is 4.24. The lowest BCUT2D eigenvalue weighted by Gasteiger charge is -2.38. The van der Waals surface area contributed by atoms with E-state index in [9.17, 15) is 4.79 Å². The molecule has 0 radical (unpaired) electrons. The van der Waals surface area contributed by atoms with Crippen LogP contribution >= 0.6 is 0 Å². The third kappa shape index (κ3) is 2.58. The molecule has 1 fully saturated rings. The van der Waals surface area contributed by atoms with E-state index < -0.39 is 0 Å². The Hall–Kier alpha value is -1.42. The molecule has 1 aliphatic heterocycles. The Labute approximate surface area is 95.7 Å². The standard InChI is InChI=1S/C12H17N3O/c1-2-10-6-15(7-10)8-11-4-3-5-12(14-11)13-9-16/h3-5,9-10H,2,6-8H2,1H3,(H,13,14,16). The second-order valence-corrected chi connectivity index (χ2v) is 4.24. The first-order valence-electron chi connectivity index (χ1n) is 5.70. The molecule has 0 bridgehead atoms. The topological polar surface area (TPSA) is 45.2 Å². The van der Waals surface area contributed by atoms with Crippen molar-refractivity contribution >= 4 is 12.2 Å². The van der Waals surface area contributed by atoms with E-state index in [0.29, 0.717) is 12.2 Å². The van der Waals surface area contributed by atoms with E-state index in [1.54, 1.807) is 6.07 Å². The van der Waals surface area contributed by atoms with Crippen molar-refractivity contribution in [2.24, 2.45) is 5.92 Å². The number of hydrogen-bond acceptors (Lipinski definition) is 3. The number of aromatic nitrogens is 1. The van der Waals surface area contributed by atoms with E-state index in [2.05, 4.69) is 22.1 Å². The van der Waals surface area contributed by atoms with Gasteiger partial charge in [0, 0.05) is 19.6 Å². The van der Waals surface area contributed by atoms with Crippen LogP contribution in [0.5, 0.6) is 0 Å². The number of carbonyl (C=O) groups is 1. The molecule has 1 saturated heterocycles. The number of nitrogens with zero attached hydrogens (tertiary/aromatic N) is 2. The van der Waals surface area contributed by atoms with Crippen molar-refractivity contribution in [3.8, 4) is 0 Å². The zero-order chi connectivity index (χ0) is 11.4. The predicted molar refractivity (Wildman–Crippen MR) is 63.0 cm³/mol. The molecule has 4 heteroatoms. The molecule has 1 aromatic rings. The Morgan fingerprint density at radius 1 is 1.56 bits per heavy atom. The van der Waals surface area contributed by atoms with Crippen LogP contribution in [-0.2, 0) is 11.3 Å². The summed E-state index contributed by atoms with van der Waals surface area (Å²) in [5.41, 5.74) is 1.02. The summed E-state index contributed by atoms with van der Waals surface area (Å²) >= 11 is 0. The highest BCUT2D eigenvalue weighted by Gasteiger charge is 2.24. The number of carbonyl (C=O) groups excluding carboxylic acids is 1. The number of rotatable bonds is 5. The molecule has 1 N–H and O–H groups in total. The van der Waals surface area contributed by atoms with Gasteiger partial charge >= 0.3 is 0 Å². The minimum Gasteiger partial charge on any atom is -0.313 e. The van der Waals surface area contributed by atoms with Crippen LogP contribution in [0.15, 0.2) is 18.2 Å². The highest BCUT2D eigenvalue weighted by atomic mass is 16.1. The Morgan fingerprint density at radius 2 is 2.38 bits per heavy atom. The van der Waals surface area contributed by atoms with Crippen LogP contribution in [-0.4, -0.2) is 29.4 Å². The molecule has 0 unspecified atom stereocenters. The Bertz CT molecular complexity index is 361.